The van der Waals surface area contributed by atoms with Crippen molar-refractivity contribution in [3.63, 3.8) is 0 Å². The van der Waals surface area contributed by atoms with Gasteiger partial charge in [0.25, 0.3) is 11.8 Å². The van der Waals surface area contributed by atoms with Crippen LogP contribution in [-0.2, 0) is 4.74 Å². The second-order valence-corrected chi connectivity index (χ2v) is 6.56. The minimum absolute atomic E-state index is 0.222. The first-order valence-electron chi connectivity index (χ1n) is 8.19. The predicted molar refractivity (Wildman–Crippen MR) is 98.4 cm³/mol. The number of carbonyl (C=O) groups excluding carboxylic acids is 2. The van der Waals surface area contributed by atoms with E-state index in [9.17, 15) is 9.59 Å². The number of carbonyl (C=O) groups is 2. The lowest BCUT2D eigenvalue weighted by atomic mass is 10.1. The number of nitrogens with one attached hydrogen (secondary N) is 1. The molecule has 2 rings (SSSR count). The fourth-order valence-corrected chi connectivity index (χ4v) is 2.10. The number of rotatable bonds is 7. The molecule has 0 unspecified atom stereocenters. The number of pyridine rings is 1. The van der Waals surface area contributed by atoms with Crippen LogP contribution in [0.3, 0.4) is 0 Å². The Morgan fingerprint density at radius 3 is 2.46 bits per heavy atom. The monoisotopic (exact) mass is 357 g/mol. The Kier molecular flexibility index (Phi) is 6.30. The standard InChI is InChI=1S/C19H23N3O4/c1-19(2,3)26-11-10-25-16-9-8-13(12-21-16)18(24)22-15-7-5-4-6-14(15)17(20)23/h4-9,12H,10-11H2,1-3H3,(H2,20,23)(H,22,24). The molecule has 3 N–H and O–H groups in total. The van der Waals surface area contributed by atoms with Crippen LogP contribution >= 0.6 is 0 Å². The van der Waals surface area contributed by atoms with Gasteiger partial charge in [-0.2, -0.15) is 0 Å². The van der Waals surface area contributed by atoms with Crippen LogP contribution in [0.25, 0.3) is 0 Å². The maximum Gasteiger partial charge on any atom is 0.257 e. The van der Waals surface area contributed by atoms with Gasteiger partial charge in [0.2, 0.25) is 5.88 Å². The third kappa shape index (κ3) is 5.86. The number of nitrogens with two attached hydrogens (primary N) is 1. The number of hydrogen-bond donors (Lipinski definition) is 2. The van der Waals surface area contributed by atoms with Crippen molar-refractivity contribution in [2.45, 2.75) is 26.4 Å². The van der Waals surface area contributed by atoms with Crippen LogP contribution in [0.2, 0.25) is 0 Å². The highest BCUT2D eigenvalue weighted by Crippen LogP contribution is 2.16. The molecule has 0 aliphatic rings. The lowest BCUT2D eigenvalue weighted by molar-refractivity contribution is -0.0168. The van der Waals surface area contributed by atoms with Gasteiger partial charge in [-0.25, -0.2) is 4.98 Å². The molecule has 1 heterocycles. The molecule has 0 spiro atoms. The molecule has 0 saturated carbocycles. The highest BCUT2D eigenvalue weighted by molar-refractivity contribution is 6.08. The van der Waals surface area contributed by atoms with Gasteiger partial charge >= 0.3 is 0 Å². The zero-order chi connectivity index (χ0) is 19.2. The zero-order valence-corrected chi connectivity index (χ0v) is 15.1. The van der Waals surface area contributed by atoms with Gasteiger partial charge in [0, 0.05) is 12.3 Å². The summed E-state index contributed by atoms with van der Waals surface area (Å²) in [6.07, 6.45) is 1.40. The fourth-order valence-electron chi connectivity index (χ4n) is 2.10. The van der Waals surface area contributed by atoms with Gasteiger partial charge in [-0.3, -0.25) is 9.59 Å². The summed E-state index contributed by atoms with van der Waals surface area (Å²) in [5, 5.41) is 2.66. The topological polar surface area (TPSA) is 104 Å². The van der Waals surface area contributed by atoms with Crippen LogP contribution in [0, 0.1) is 0 Å². The molecular weight excluding hydrogens is 334 g/mol. The zero-order valence-electron chi connectivity index (χ0n) is 15.1. The fraction of sp³-hybridized carbons (Fsp3) is 0.316. The molecule has 2 amide bonds. The summed E-state index contributed by atoms with van der Waals surface area (Å²) in [4.78, 5) is 27.8. The van der Waals surface area contributed by atoms with E-state index in [1.54, 1.807) is 36.4 Å². The molecule has 7 heteroatoms. The minimum atomic E-state index is -0.611. The van der Waals surface area contributed by atoms with Crippen LogP contribution in [-0.4, -0.2) is 35.6 Å². The summed E-state index contributed by atoms with van der Waals surface area (Å²) in [6, 6.07) is 9.73. The smallest absolute Gasteiger partial charge is 0.257 e. The summed E-state index contributed by atoms with van der Waals surface area (Å²) < 4.78 is 11.0. The van der Waals surface area contributed by atoms with E-state index < -0.39 is 11.8 Å². The highest BCUT2D eigenvalue weighted by atomic mass is 16.5. The van der Waals surface area contributed by atoms with Gasteiger partial charge in [0.1, 0.15) is 6.61 Å². The van der Waals surface area contributed by atoms with Crippen LogP contribution in [0.4, 0.5) is 5.69 Å². The van der Waals surface area contributed by atoms with Gasteiger partial charge in [-0.05, 0) is 39.0 Å². The molecule has 0 bridgehead atoms. The van der Waals surface area contributed by atoms with Crippen molar-refractivity contribution in [1.82, 2.24) is 4.98 Å². The number of para-hydroxylation sites is 1. The van der Waals surface area contributed by atoms with Gasteiger partial charge in [0.15, 0.2) is 0 Å². The first-order chi connectivity index (χ1) is 12.3. The van der Waals surface area contributed by atoms with Crippen LogP contribution in [0.5, 0.6) is 5.88 Å². The molecule has 0 radical (unpaired) electrons. The number of benzene rings is 1. The predicted octanol–water partition coefficient (Wildman–Crippen LogP) is 2.63. The number of primary amides is 1. The molecular formula is C19H23N3O4. The first kappa shape index (κ1) is 19.4. The SMILES string of the molecule is CC(C)(C)OCCOc1ccc(C(=O)Nc2ccccc2C(N)=O)cn1. The maximum atomic E-state index is 12.3. The average molecular weight is 357 g/mol. The molecule has 138 valence electrons. The van der Waals surface area contributed by atoms with Crippen molar-refractivity contribution >= 4 is 17.5 Å². The highest BCUT2D eigenvalue weighted by Gasteiger charge is 2.13. The lowest BCUT2D eigenvalue weighted by Crippen LogP contribution is -2.22. The molecule has 0 atom stereocenters. The molecule has 1 aromatic carbocycles. The summed E-state index contributed by atoms with van der Waals surface area (Å²) in [6.45, 7) is 6.71. The molecule has 0 fully saturated rings. The Hall–Kier alpha value is -2.93. The Balaban J connectivity index is 1.94. The van der Waals surface area contributed by atoms with E-state index in [0.29, 0.717) is 30.3 Å². The van der Waals surface area contributed by atoms with Crippen molar-refractivity contribution in [3.05, 3.63) is 53.7 Å². The molecule has 7 nitrogen and oxygen atoms in total. The third-order valence-corrected chi connectivity index (χ3v) is 3.31. The van der Waals surface area contributed by atoms with E-state index in [4.69, 9.17) is 15.2 Å². The van der Waals surface area contributed by atoms with Crippen molar-refractivity contribution in [2.24, 2.45) is 5.73 Å². The van der Waals surface area contributed by atoms with E-state index in [-0.39, 0.29) is 11.2 Å². The molecule has 26 heavy (non-hydrogen) atoms. The van der Waals surface area contributed by atoms with E-state index in [1.165, 1.54) is 6.20 Å². The molecule has 1 aromatic heterocycles. The lowest BCUT2D eigenvalue weighted by Gasteiger charge is -2.19. The van der Waals surface area contributed by atoms with E-state index in [1.807, 2.05) is 20.8 Å². The van der Waals surface area contributed by atoms with Crippen molar-refractivity contribution in [2.75, 3.05) is 18.5 Å². The van der Waals surface area contributed by atoms with Gasteiger partial charge in [0.05, 0.1) is 29.0 Å². The van der Waals surface area contributed by atoms with Gasteiger partial charge in [-0.1, -0.05) is 12.1 Å². The summed E-state index contributed by atoms with van der Waals surface area (Å²) in [7, 11) is 0. The van der Waals surface area contributed by atoms with Crippen molar-refractivity contribution in [1.29, 1.82) is 0 Å². The van der Waals surface area contributed by atoms with E-state index >= 15 is 0 Å². The number of aromatic nitrogens is 1. The number of ether oxygens (including phenoxy) is 2. The summed E-state index contributed by atoms with van der Waals surface area (Å²) >= 11 is 0. The number of amides is 2. The normalized spacial score (nSPS) is 11.0. The first-order valence-corrected chi connectivity index (χ1v) is 8.19. The van der Waals surface area contributed by atoms with Gasteiger partial charge in [-0.15, -0.1) is 0 Å². The minimum Gasteiger partial charge on any atom is -0.475 e. The number of nitrogens with zero attached hydrogens (tertiary/aromatic N) is 1. The Morgan fingerprint density at radius 1 is 1.12 bits per heavy atom. The Bertz CT molecular complexity index is 767. The molecule has 0 aliphatic heterocycles. The maximum absolute atomic E-state index is 12.3. The second kappa shape index (κ2) is 8.44. The van der Waals surface area contributed by atoms with Crippen LogP contribution in [0.15, 0.2) is 42.6 Å². The number of hydrogen-bond acceptors (Lipinski definition) is 5. The second-order valence-electron chi connectivity index (χ2n) is 6.56. The molecule has 2 aromatic rings. The van der Waals surface area contributed by atoms with Crippen LogP contribution < -0.4 is 15.8 Å². The quantitative estimate of drug-likeness (QED) is 0.741. The average Bonchev–Trinajstić information content (AvgIpc) is 2.58. The van der Waals surface area contributed by atoms with Gasteiger partial charge < -0.3 is 20.5 Å². The molecule has 0 aliphatic carbocycles. The van der Waals surface area contributed by atoms with E-state index in [0.717, 1.165) is 0 Å². The Labute approximate surface area is 152 Å². The van der Waals surface area contributed by atoms with Crippen molar-refractivity contribution < 1.29 is 19.1 Å². The van der Waals surface area contributed by atoms with E-state index in [2.05, 4.69) is 10.3 Å². The molecule has 0 saturated heterocycles. The number of anilines is 1. The summed E-state index contributed by atoms with van der Waals surface area (Å²) in [5.41, 5.74) is 6.01. The van der Waals surface area contributed by atoms with Crippen molar-refractivity contribution in [3.8, 4) is 5.88 Å². The largest absolute Gasteiger partial charge is 0.475 e. The summed E-state index contributed by atoms with van der Waals surface area (Å²) in [5.74, 6) is -0.606. The van der Waals surface area contributed by atoms with Crippen LogP contribution in [0.1, 0.15) is 41.5 Å². The Morgan fingerprint density at radius 2 is 1.85 bits per heavy atom. The third-order valence-electron chi connectivity index (χ3n) is 3.31.